The van der Waals surface area contributed by atoms with Gasteiger partial charge in [-0.3, -0.25) is 9.36 Å². The number of hydrogen-bond donors (Lipinski definition) is 0. The average Bonchev–Trinajstić information content (AvgIpc) is 3.47. The van der Waals surface area contributed by atoms with Crippen LogP contribution < -0.4 is 19.6 Å². The molecule has 0 unspecified atom stereocenters. The number of benzene rings is 1. The molecule has 0 aliphatic carbocycles. The minimum Gasteiger partial charge on any atom is -0.497 e. The maximum Gasteiger partial charge on any atom is 0.338 e. The zero-order valence-corrected chi connectivity index (χ0v) is 21.8. The summed E-state index contributed by atoms with van der Waals surface area (Å²) in [5, 5.41) is 1.16. The van der Waals surface area contributed by atoms with E-state index in [1.807, 2.05) is 12.1 Å². The van der Waals surface area contributed by atoms with Crippen molar-refractivity contribution in [3.8, 4) is 5.75 Å². The molecule has 4 aromatic rings. The number of hydrogen-bond acceptors (Lipinski definition) is 10. The monoisotopic (exact) mass is 534 g/mol. The van der Waals surface area contributed by atoms with Crippen LogP contribution in [0.25, 0.3) is 6.08 Å². The summed E-state index contributed by atoms with van der Waals surface area (Å²) in [5.41, 5.74) is 1.29. The van der Waals surface area contributed by atoms with Gasteiger partial charge in [-0.2, -0.15) is 0 Å². The topological polar surface area (TPSA) is 109 Å². The summed E-state index contributed by atoms with van der Waals surface area (Å²) in [6.45, 7) is 3.70. The molecule has 0 N–H and O–H groups in total. The van der Waals surface area contributed by atoms with Gasteiger partial charge in [0, 0.05) is 18.5 Å². The molecule has 0 radical (unpaired) electrons. The largest absolute Gasteiger partial charge is 0.497 e. The zero-order valence-electron chi connectivity index (χ0n) is 20.2. The molecule has 188 valence electrons. The number of carbonyl (C=O) groups is 1. The van der Waals surface area contributed by atoms with Gasteiger partial charge in [-0.25, -0.2) is 19.8 Å². The van der Waals surface area contributed by atoms with Gasteiger partial charge in [0.05, 0.1) is 35.6 Å². The van der Waals surface area contributed by atoms with Crippen molar-refractivity contribution in [3.05, 3.63) is 97.1 Å². The number of esters is 1. The second-order valence-electron chi connectivity index (χ2n) is 7.87. The molecule has 0 saturated carbocycles. The Morgan fingerprint density at radius 1 is 1.19 bits per heavy atom. The molecule has 0 spiro atoms. The molecule has 1 aliphatic heterocycles. The number of allylic oxidation sites excluding steroid dienone is 1. The van der Waals surface area contributed by atoms with Crippen LogP contribution in [0.2, 0.25) is 0 Å². The van der Waals surface area contributed by atoms with E-state index in [2.05, 4.69) is 15.0 Å². The number of methoxy groups -OCH3 is 1. The molecule has 5 rings (SSSR count). The van der Waals surface area contributed by atoms with Gasteiger partial charge in [0.2, 0.25) is 0 Å². The Bertz CT molecular complexity index is 1650. The van der Waals surface area contributed by atoms with Gasteiger partial charge < -0.3 is 13.9 Å². The Kier molecular flexibility index (Phi) is 7.06. The Labute approximate surface area is 219 Å². The molecule has 37 heavy (non-hydrogen) atoms. The summed E-state index contributed by atoms with van der Waals surface area (Å²) in [6.07, 6.45) is 4.99. The van der Waals surface area contributed by atoms with Crippen molar-refractivity contribution < 1.29 is 18.7 Å². The number of thiazole rings is 1. The van der Waals surface area contributed by atoms with Gasteiger partial charge in [0.1, 0.15) is 11.5 Å². The Morgan fingerprint density at radius 3 is 2.65 bits per heavy atom. The van der Waals surface area contributed by atoms with Crippen LogP contribution in [0.4, 0.5) is 0 Å². The zero-order chi connectivity index (χ0) is 25.9. The van der Waals surface area contributed by atoms with Gasteiger partial charge in [-0.15, -0.1) is 0 Å². The molecular formula is C26H22N4O5S2. The maximum absolute atomic E-state index is 13.7. The van der Waals surface area contributed by atoms with Crippen molar-refractivity contribution in [3.63, 3.8) is 0 Å². The summed E-state index contributed by atoms with van der Waals surface area (Å²) in [4.78, 5) is 40.1. The highest BCUT2D eigenvalue weighted by atomic mass is 32.2. The van der Waals surface area contributed by atoms with Gasteiger partial charge in [-0.05, 0) is 61.5 Å². The Hall–Kier alpha value is -3.96. The summed E-state index contributed by atoms with van der Waals surface area (Å²) in [6, 6.07) is 11.9. The van der Waals surface area contributed by atoms with Crippen molar-refractivity contribution in [1.82, 2.24) is 14.5 Å². The minimum absolute atomic E-state index is 0.211. The molecule has 1 aromatic carbocycles. The van der Waals surface area contributed by atoms with E-state index in [1.54, 1.807) is 69.8 Å². The Balaban J connectivity index is 1.58. The highest BCUT2D eigenvalue weighted by Gasteiger charge is 2.33. The molecule has 11 heteroatoms. The number of nitrogens with zero attached hydrogens (tertiary/aromatic N) is 4. The van der Waals surface area contributed by atoms with Gasteiger partial charge in [-0.1, -0.05) is 23.5 Å². The van der Waals surface area contributed by atoms with Gasteiger partial charge in [0.15, 0.2) is 15.1 Å². The summed E-state index contributed by atoms with van der Waals surface area (Å²) < 4.78 is 18.5. The summed E-state index contributed by atoms with van der Waals surface area (Å²) in [5.74, 6) is 0.669. The lowest BCUT2D eigenvalue weighted by molar-refractivity contribution is -0.139. The van der Waals surface area contributed by atoms with Gasteiger partial charge >= 0.3 is 5.97 Å². The van der Waals surface area contributed by atoms with Gasteiger partial charge in [0.25, 0.3) is 5.56 Å². The fraction of sp³-hybridized carbons (Fsp3) is 0.192. The van der Waals surface area contributed by atoms with Crippen LogP contribution >= 0.6 is 23.1 Å². The molecule has 0 saturated heterocycles. The number of carbonyl (C=O) groups excluding carboxylic acids is 1. The number of ether oxygens (including phenoxy) is 2. The predicted octanol–water partition coefficient (Wildman–Crippen LogP) is 3.34. The molecule has 1 aliphatic rings. The van der Waals surface area contributed by atoms with E-state index < -0.39 is 12.0 Å². The van der Waals surface area contributed by atoms with E-state index in [1.165, 1.54) is 27.7 Å². The SMILES string of the molecule is CCOC(=O)C1=C(C)N=c2s/c(=C/c3ccc(Sc4ncccn4)o3)c(=O)n2[C@H]1c1ccc(OC)cc1. The first-order valence-corrected chi connectivity index (χ1v) is 13.0. The van der Waals surface area contributed by atoms with E-state index >= 15 is 0 Å². The molecule has 1 atom stereocenters. The molecule has 0 amide bonds. The van der Waals surface area contributed by atoms with Crippen LogP contribution in [-0.4, -0.2) is 34.2 Å². The average molecular weight is 535 g/mol. The second-order valence-corrected chi connectivity index (χ2v) is 9.85. The third-order valence-electron chi connectivity index (χ3n) is 5.56. The normalized spacial score (nSPS) is 15.3. The standard InChI is InChI=1S/C26H22N4O5S2/c1-4-34-24(32)21-15(2)29-26-30(22(21)16-6-8-17(33-3)9-7-16)23(31)19(36-26)14-18-10-11-20(35-18)37-25-27-12-5-13-28-25/h5-14,22H,4H2,1-3H3/b19-14+/t22-/m0/s1. The van der Waals surface area contributed by atoms with E-state index in [4.69, 9.17) is 13.9 Å². The summed E-state index contributed by atoms with van der Waals surface area (Å²) in [7, 11) is 1.58. The predicted molar refractivity (Wildman–Crippen MR) is 138 cm³/mol. The molecule has 0 fully saturated rings. The van der Waals surface area contributed by atoms with Crippen molar-refractivity contribution in [2.24, 2.45) is 4.99 Å². The molecular weight excluding hydrogens is 512 g/mol. The third-order valence-corrected chi connectivity index (χ3v) is 7.35. The van der Waals surface area contributed by atoms with E-state index in [-0.39, 0.29) is 12.2 Å². The van der Waals surface area contributed by atoms with Crippen molar-refractivity contribution >= 4 is 35.1 Å². The molecule has 0 bridgehead atoms. The molecule has 4 heterocycles. The lowest BCUT2D eigenvalue weighted by atomic mass is 9.96. The number of furan rings is 1. The quantitative estimate of drug-likeness (QED) is 0.262. The maximum atomic E-state index is 13.7. The van der Waals surface area contributed by atoms with E-state index in [0.29, 0.717) is 42.4 Å². The number of aromatic nitrogens is 3. The highest BCUT2D eigenvalue weighted by Crippen LogP contribution is 2.31. The number of rotatable bonds is 7. The van der Waals surface area contributed by atoms with Crippen molar-refractivity contribution in [2.45, 2.75) is 30.1 Å². The fourth-order valence-electron chi connectivity index (χ4n) is 3.92. The molecule has 3 aromatic heterocycles. The summed E-state index contributed by atoms with van der Waals surface area (Å²) >= 11 is 2.52. The third kappa shape index (κ3) is 5.00. The Morgan fingerprint density at radius 2 is 1.95 bits per heavy atom. The lowest BCUT2D eigenvalue weighted by Gasteiger charge is -2.24. The van der Waals surface area contributed by atoms with Crippen LogP contribution in [0.5, 0.6) is 5.75 Å². The van der Waals surface area contributed by atoms with Crippen LogP contribution in [0.15, 0.2) is 90.6 Å². The van der Waals surface area contributed by atoms with Crippen molar-refractivity contribution in [2.75, 3.05) is 13.7 Å². The van der Waals surface area contributed by atoms with E-state index in [9.17, 15) is 9.59 Å². The second kappa shape index (κ2) is 10.6. The van der Waals surface area contributed by atoms with Crippen LogP contribution in [0, 0.1) is 0 Å². The van der Waals surface area contributed by atoms with Crippen LogP contribution in [0.1, 0.15) is 31.2 Å². The van der Waals surface area contributed by atoms with E-state index in [0.717, 1.165) is 5.56 Å². The lowest BCUT2D eigenvalue weighted by Crippen LogP contribution is -2.39. The fourth-order valence-corrected chi connectivity index (χ4v) is 5.62. The smallest absolute Gasteiger partial charge is 0.338 e. The minimum atomic E-state index is -0.693. The first-order chi connectivity index (χ1) is 18.0. The first-order valence-electron chi connectivity index (χ1n) is 11.4. The number of fused-ring (bicyclic) bond motifs is 1. The van der Waals surface area contributed by atoms with Crippen LogP contribution in [-0.2, 0) is 9.53 Å². The highest BCUT2D eigenvalue weighted by molar-refractivity contribution is 7.99. The van der Waals surface area contributed by atoms with Crippen LogP contribution in [0.3, 0.4) is 0 Å². The first kappa shape index (κ1) is 24.7. The van der Waals surface area contributed by atoms with Crippen molar-refractivity contribution in [1.29, 1.82) is 0 Å². The molecule has 9 nitrogen and oxygen atoms in total.